The van der Waals surface area contributed by atoms with Crippen LogP contribution in [0.4, 0.5) is 5.69 Å². The highest BCUT2D eigenvalue weighted by Crippen LogP contribution is 2.20. The first-order valence-electron chi connectivity index (χ1n) is 11.8. The second kappa shape index (κ2) is 13.1. The van der Waals surface area contributed by atoms with E-state index in [1.807, 2.05) is 50.2 Å². The van der Waals surface area contributed by atoms with Crippen LogP contribution in [-0.2, 0) is 26.2 Å². The molecule has 0 spiro atoms. The molecule has 0 saturated carbocycles. The highest BCUT2D eigenvalue weighted by molar-refractivity contribution is 7.92. The number of anilines is 1. The van der Waals surface area contributed by atoms with Crippen LogP contribution in [0.2, 0.25) is 0 Å². The number of carbonyl (C=O) groups excluding carboxylic acids is 2. The number of hydrogen-bond donors (Lipinski definition) is 1. The molecule has 0 bridgehead atoms. The molecule has 0 fully saturated rings. The van der Waals surface area contributed by atoms with Crippen molar-refractivity contribution in [3.05, 3.63) is 59.7 Å². The fourth-order valence-corrected chi connectivity index (χ4v) is 4.63. The predicted octanol–water partition coefficient (Wildman–Crippen LogP) is 3.49. The number of sulfonamides is 1. The minimum Gasteiger partial charge on any atom is -0.497 e. The van der Waals surface area contributed by atoms with Crippen LogP contribution in [0.1, 0.15) is 44.2 Å². The third kappa shape index (κ3) is 8.58. The number of rotatable bonds is 13. The minimum atomic E-state index is -3.51. The molecule has 2 aromatic rings. The first kappa shape index (κ1) is 28.2. The number of benzene rings is 2. The Kier molecular flexibility index (Phi) is 10.6. The zero-order chi connectivity index (χ0) is 26.0. The maximum atomic E-state index is 13.3. The number of carbonyl (C=O) groups is 2. The van der Waals surface area contributed by atoms with Gasteiger partial charge in [-0.25, -0.2) is 8.42 Å². The van der Waals surface area contributed by atoms with Gasteiger partial charge in [-0.1, -0.05) is 36.8 Å². The number of amides is 2. The Labute approximate surface area is 209 Å². The van der Waals surface area contributed by atoms with Crippen LogP contribution in [0, 0.1) is 6.92 Å². The molecular formula is C26H37N3O5S. The van der Waals surface area contributed by atoms with Gasteiger partial charge in [0.2, 0.25) is 21.8 Å². The normalized spacial score (nSPS) is 12.0. The zero-order valence-electron chi connectivity index (χ0n) is 21.3. The maximum absolute atomic E-state index is 13.3. The highest BCUT2D eigenvalue weighted by atomic mass is 32.2. The monoisotopic (exact) mass is 503 g/mol. The molecule has 0 aromatic heterocycles. The molecule has 2 rings (SSSR count). The van der Waals surface area contributed by atoms with Crippen LogP contribution in [0.3, 0.4) is 0 Å². The lowest BCUT2D eigenvalue weighted by molar-refractivity contribution is -0.140. The summed E-state index contributed by atoms with van der Waals surface area (Å²) in [4.78, 5) is 27.5. The van der Waals surface area contributed by atoms with Gasteiger partial charge in [0.05, 0.1) is 19.1 Å². The summed E-state index contributed by atoms with van der Waals surface area (Å²) >= 11 is 0. The molecule has 0 heterocycles. The zero-order valence-corrected chi connectivity index (χ0v) is 22.1. The Balaban J connectivity index is 2.16. The van der Waals surface area contributed by atoms with Gasteiger partial charge in [0.1, 0.15) is 11.8 Å². The van der Waals surface area contributed by atoms with Crippen molar-refractivity contribution in [2.24, 2.45) is 0 Å². The topological polar surface area (TPSA) is 96.0 Å². The first-order chi connectivity index (χ1) is 16.6. The van der Waals surface area contributed by atoms with Crippen LogP contribution in [-0.4, -0.2) is 57.6 Å². The Morgan fingerprint density at radius 3 is 2.40 bits per heavy atom. The second-order valence-corrected chi connectivity index (χ2v) is 10.5. The van der Waals surface area contributed by atoms with Crippen molar-refractivity contribution in [3.8, 4) is 5.75 Å². The molecule has 2 aromatic carbocycles. The van der Waals surface area contributed by atoms with Crippen molar-refractivity contribution in [2.45, 2.75) is 52.6 Å². The van der Waals surface area contributed by atoms with Gasteiger partial charge in [0.15, 0.2) is 0 Å². The summed E-state index contributed by atoms with van der Waals surface area (Å²) < 4.78 is 31.4. The lowest BCUT2D eigenvalue weighted by Gasteiger charge is -2.29. The van der Waals surface area contributed by atoms with Gasteiger partial charge in [-0.2, -0.15) is 0 Å². The summed E-state index contributed by atoms with van der Waals surface area (Å²) in [5.41, 5.74) is 2.43. The van der Waals surface area contributed by atoms with E-state index in [9.17, 15) is 18.0 Å². The van der Waals surface area contributed by atoms with E-state index in [0.717, 1.165) is 23.8 Å². The molecule has 0 aliphatic carbocycles. The summed E-state index contributed by atoms with van der Waals surface area (Å²) in [7, 11) is -1.94. The molecule has 0 radical (unpaired) electrons. The van der Waals surface area contributed by atoms with Gasteiger partial charge >= 0.3 is 0 Å². The molecule has 0 aliphatic rings. The summed E-state index contributed by atoms with van der Waals surface area (Å²) in [5, 5.41) is 2.85. The average Bonchev–Trinajstić information content (AvgIpc) is 2.83. The van der Waals surface area contributed by atoms with E-state index >= 15 is 0 Å². The molecule has 35 heavy (non-hydrogen) atoms. The van der Waals surface area contributed by atoms with E-state index in [1.165, 1.54) is 9.21 Å². The maximum Gasteiger partial charge on any atom is 0.242 e. The molecule has 0 aliphatic heterocycles. The summed E-state index contributed by atoms with van der Waals surface area (Å²) in [5.74, 6) is 0.227. The molecule has 1 atom stereocenters. The molecule has 1 N–H and O–H groups in total. The third-order valence-electron chi connectivity index (χ3n) is 5.68. The number of nitrogens with one attached hydrogen (secondary N) is 1. The number of aryl methyl sites for hydroxylation is 1. The Bertz CT molecular complexity index is 1090. The van der Waals surface area contributed by atoms with Gasteiger partial charge in [-0.3, -0.25) is 13.9 Å². The summed E-state index contributed by atoms with van der Waals surface area (Å²) in [6, 6.07) is 13.9. The van der Waals surface area contributed by atoms with Gasteiger partial charge < -0.3 is 15.0 Å². The van der Waals surface area contributed by atoms with Crippen LogP contribution in [0.15, 0.2) is 48.5 Å². The number of hydrogen-bond acceptors (Lipinski definition) is 5. The fraction of sp³-hybridized carbons (Fsp3) is 0.462. The molecular weight excluding hydrogens is 466 g/mol. The van der Waals surface area contributed by atoms with Crippen molar-refractivity contribution in [3.63, 3.8) is 0 Å². The lowest BCUT2D eigenvalue weighted by Crippen LogP contribution is -2.47. The smallest absolute Gasteiger partial charge is 0.242 e. The summed E-state index contributed by atoms with van der Waals surface area (Å²) in [6.45, 7) is 6.54. The fourth-order valence-electron chi connectivity index (χ4n) is 3.66. The van der Waals surface area contributed by atoms with E-state index in [4.69, 9.17) is 4.74 Å². The Morgan fingerprint density at radius 2 is 1.80 bits per heavy atom. The average molecular weight is 504 g/mol. The number of ether oxygens (including phenoxy) is 1. The van der Waals surface area contributed by atoms with E-state index in [0.29, 0.717) is 24.4 Å². The second-order valence-electron chi connectivity index (χ2n) is 8.61. The van der Waals surface area contributed by atoms with Gasteiger partial charge in [-0.15, -0.1) is 0 Å². The van der Waals surface area contributed by atoms with Gasteiger partial charge in [-0.05, 0) is 56.5 Å². The molecule has 2 amide bonds. The van der Waals surface area contributed by atoms with Crippen molar-refractivity contribution in [1.82, 2.24) is 10.2 Å². The molecule has 192 valence electrons. The van der Waals surface area contributed by atoms with E-state index in [2.05, 4.69) is 5.32 Å². The SMILES string of the molecule is CCCNC(=O)[C@H](C)N(Cc1cccc(OC)c1)C(=O)CCCN(c1ccc(C)cc1)S(C)(=O)=O. The lowest BCUT2D eigenvalue weighted by atomic mass is 10.1. The van der Waals surface area contributed by atoms with Crippen LogP contribution < -0.4 is 14.4 Å². The molecule has 0 unspecified atom stereocenters. The van der Waals surface area contributed by atoms with Crippen molar-refractivity contribution in [1.29, 1.82) is 0 Å². The Hall–Kier alpha value is -3.07. The largest absolute Gasteiger partial charge is 0.497 e. The van der Waals surface area contributed by atoms with Crippen LogP contribution in [0.25, 0.3) is 0 Å². The molecule has 8 nitrogen and oxygen atoms in total. The van der Waals surface area contributed by atoms with E-state index < -0.39 is 16.1 Å². The number of methoxy groups -OCH3 is 1. The highest BCUT2D eigenvalue weighted by Gasteiger charge is 2.26. The van der Waals surface area contributed by atoms with Crippen molar-refractivity contribution < 1.29 is 22.7 Å². The van der Waals surface area contributed by atoms with Crippen molar-refractivity contribution >= 4 is 27.5 Å². The Morgan fingerprint density at radius 1 is 1.11 bits per heavy atom. The van der Waals surface area contributed by atoms with Gasteiger partial charge in [0, 0.05) is 26.1 Å². The molecule has 9 heteroatoms. The van der Waals surface area contributed by atoms with Crippen LogP contribution in [0.5, 0.6) is 5.75 Å². The quantitative estimate of drug-likeness (QED) is 0.451. The van der Waals surface area contributed by atoms with Crippen LogP contribution >= 0.6 is 0 Å². The third-order valence-corrected chi connectivity index (χ3v) is 6.87. The molecule has 0 saturated heterocycles. The van der Waals surface area contributed by atoms with Gasteiger partial charge in [0.25, 0.3) is 0 Å². The number of nitrogens with zero attached hydrogens (tertiary/aromatic N) is 2. The minimum absolute atomic E-state index is 0.104. The summed E-state index contributed by atoms with van der Waals surface area (Å²) in [6.07, 6.45) is 2.37. The van der Waals surface area contributed by atoms with E-state index in [1.54, 1.807) is 26.2 Å². The van der Waals surface area contributed by atoms with E-state index in [-0.39, 0.29) is 31.3 Å². The predicted molar refractivity (Wildman–Crippen MR) is 139 cm³/mol. The standard InChI is InChI=1S/C26H37N3O5S/c1-6-16-27-26(31)21(3)28(19-22-9-7-10-24(18-22)34-4)25(30)11-8-17-29(35(5,32)33)23-14-12-20(2)13-15-23/h7,9-10,12-15,18,21H,6,8,11,16-17,19H2,1-5H3,(H,27,31)/t21-/m0/s1. The first-order valence-corrected chi connectivity index (χ1v) is 13.7. The van der Waals surface area contributed by atoms with Crippen molar-refractivity contribution in [2.75, 3.05) is 30.8 Å².